The van der Waals surface area contributed by atoms with Gasteiger partial charge in [-0.25, -0.2) is 0 Å². The zero-order chi connectivity index (χ0) is 20.0. The summed E-state index contributed by atoms with van der Waals surface area (Å²) in [4.78, 5) is 39.0. The number of piperidine rings is 1. The predicted octanol–water partition coefficient (Wildman–Crippen LogP) is 1.49. The molecule has 2 amide bonds. The Morgan fingerprint density at radius 1 is 1.11 bits per heavy atom. The van der Waals surface area contributed by atoms with Crippen LogP contribution in [-0.2, 0) is 9.59 Å². The van der Waals surface area contributed by atoms with Gasteiger partial charge in [0, 0.05) is 44.2 Å². The number of carbonyl (C=O) groups excluding carboxylic acids is 2. The van der Waals surface area contributed by atoms with Crippen LogP contribution in [0.2, 0.25) is 0 Å². The van der Waals surface area contributed by atoms with Crippen LogP contribution >= 0.6 is 0 Å². The number of hydrogen-bond acceptors (Lipinski definition) is 5. The normalized spacial score (nSPS) is 14.6. The molecule has 1 aliphatic heterocycles. The third-order valence-corrected chi connectivity index (χ3v) is 4.77. The van der Waals surface area contributed by atoms with Crippen molar-refractivity contribution < 1.29 is 29.0 Å². The summed E-state index contributed by atoms with van der Waals surface area (Å²) in [6.07, 6.45) is 1.05. The molecule has 0 aromatic heterocycles. The number of carboxylic acid groups (broad SMARTS) is 1. The molecule has 1 fully saturated rings. The van der Waals surface area contributed by atoms with E-state index in [1.54, 1.807) is 30.1 Å². The Bertz CT molecular complexity index is 675. The fraction of sp³-hybridized carbons (Fsp3) is 0.526. The van der Waals surface area contributed by atoms with Crippen molar-refractivity contribution in [3.8, 4) is 11.5 Å². The molecule has 1 N–H and O–H groups in total. The highest BCUT2D eigenvalue weighted by Gasteiger charge is 2.29. The first-order valence-electron chi connectivity index (χ1n) is 8.84. The molecule has 0 aliphatic carbocycles. The van der Waals surface area contributed by atoms with Gasteiger partial charge in [0.15, 0.2) is 0 Å². The molecule has 1 aromatic carbocycles. The maximum Gasteiger partial charge on any atom is 0.305 e. The fourth-order valence-electron chi connectivity index (χ4n) is 3.13. The molecule has 8 nitrogen and oxygen atoms in total. The summed E-state index contributed by atoms with van der Waals surface area (Å²) in [5.41, 5.74) is 0.481. The van der Waals surface area contributed by atoms with Crippen LogP contribution < -0.4 is 9.47 Å². The number of likely N-dealkylation sites (tertiary alicyclic amines) is 1. The topological polar surface area (TPSA) is 96.4 Å². The highest BCUT2D eigenvalue weighted by molar-refractivity contribution is 5.95. The number of benzene rings is 1. The Balaban J connectivity index is 1.96. The molecule has 1 aromatic rings. The highest BCUT2D eigenvalue weighted by atomic mass is 16.5. The molecule has 148 valence electrons. The summed E-state index contributed by atoms with van der Waals surface area (Å²) < 4.78 is 10.4. The molecule has 0 atom stereocenters. The van der Waals surface area contributed by atoms with Crippen molar-refractivity contribution in [1.29, 1.82) is 0 Å². The number of carboxylic acids is 1. The molecule has 0 bridgehead atoms. The van der Waals surface area contributed by atoms with E-state index < -0.39 is 5.97 Å². The summed E-state index contributed by atoms with van der Waals surface area (Å²) in [6.45, 7) is 1.14. The number of aliphatic carboxylic acids is 1. The van der Waals surface area contributed by atoms with E-state index in [-0.39, 0.29) is 30.7 Å². The minimum atomic E-state index is -0.927. The zero-order valence-corrected chi connectivity index (χ0v) is 15.9. The van der Waals surface area contributed by atoms with Gasteiger partial charge < -0.3 is 24.4 Å². The number of amides is 2. The summed E-state index contributed by atoms with van der Waals surface area (Å²) in [7, 11) is 4.67. The van der Waals surface area contributed by atoms with Crippen molar-refractivity contribution >= 4 is 17.8 Å². The highest BCUT2D eigenvalue weighted by Crippen LogP contribution is 2.26. The van der Waals surface area contributed by atoms with Crippen LogP contribution in [-0.4, -0.2) is 73.6 Å². The van der Waals surface area contributed by atoms with Crippen molar-refractivity contribution in [3.63, 3.8) is 0 Å². The van der Waals surface area contributed by atoms with E-state index in [0.29, 0.717) is 43.0 Å². The van der Waals surface area contributed by atoms with Gasteiger partial charge in [0.2, 0.25) is 5.91 Å². The van der Waals surface area contributed by atoms with Crippen molar-refractivity contribution in [2.24, 2.45) is 5.92 Å². The molecule has 0 radical (unpaired) electrons. The smallest absolute Gasteiger partial charge is 0.305 e. The fourth-order valence-corrected chi connectivity index (χ4v) is 3.13. The summed E-state index contributed by atoms with van der Waals surface area (Å²) in [5, 5.41) is 8.73. The maximum absolute atomic E-state index is 12.8. The lowest BCUT2D eigenvalue weighted by atomic mass is 9.94. The Kier molecular flexibility index (Phi) is 7.04. The van der Waals surface area contributed by atoms with Gasteiger partial charge in [-0.15, -0.1) is 0 Å². The molecule has 0 spiro atoms. The third kappa shape index (κ3) is 5.35. The molecule has 27 heavy (non-hydrogen) atoms. The molecule has 1 aliphatic rings. The predicted molar refractivity (Wildman–Crippen MR) is 98.1 cm³/mol. The van der Waals surface area contributed by atoms with Crippen molar-refractivity contribution in [3.05, 3.63) is 23.8 Å². The van der Waals surface area contributed by atoms with E-state index >= 15 is 0 Å². The second kappa shape index (κ2) is 9.25. The number of methoxy groups -OCH3 is 2. The van der Waals surface area contributed by atoms with Gasteiger partial charge in [0.25, 0.3) is 5.91 Å². The summed E-state index contributed by atoms with van der Waals surface area (Å²) in [6, 6.07) is 5.04. The van der Waals surface area contributed by atoms with E-state index in [9.17, 15) is 14.4 Å². The number of carbonyl (C=O) groups is 3. The number of rotatable bonds is 7. The third-order valence-electron chi connectivity index (χ3n) is 4.77. The maximum atomic E-state index is 12.8. The van der Waals surface area contributed by atoms with Gasteiger partial charge in [-0.2, -0.15) is 0 Å². The van der Waals surface area contributed by atoms with Crippen LogP contribution in [0.4, 0.5) is 0 Å². The van der Waals surface area contributed by atoms with Crippen LogP contribution in [0.25, 0.3) is 0 Å². The quantitative estimate of drug-likeness (QED) is 0.772. The van der Waals surface area contributed by atoms with Gasteiger partial charge in [0.1, 0.15) is 11.5 Å². The lowest BCUT2D eigenvalue weighted by molar-refractivity contribution is -0.139. The first kappa shape index (κ1) is 20.5. The van der Waals surface area contributed by atoms with Crippen LogP contribution in [0.15, 0.2) is 18.2 Å². The van der Waals surface area contributed by atoms with E-state index in [1.165, 1.54) is 19.1 Å². The zero-order valence-electron chi connectivity index (χ0n) is 15.9. The minimum Gasteiger partial charge on any atom is -0.497 e. The summed E-state index contributed by atoms with van der Waals surface area (Å²) >= 11 is 0. The molecule has 1 heterocycles. The lowest BCUT2D eigenvalue weighted by Crippen LogP contribution is -2.43. The van der Waals surface area contributed by atoms with E-state index in [0.717, 1.165) is 0 Å². The van der Waals surface area contributed by atoms with E-state index in [2.05, 4.69) is 0 Å². The summed E-state index contributed by atoms with van der Waals surface area (Å²) in [5.74, 6) is -0.217. The monoisotopic (exact) mass is 378 g/mol. The lowest BCUT2D eigenvalue weighted by Gasteiger charge is -2.33. The van der Waals surface area contributed by atoms with Crippen molar-refractivity contribution in [2.75, 3.05) is 40.9 Å². The van der Waals surface area contributed by atoms with Crippen LogP contribution in [0.3, 0.4) is 0 Å². The Morgan fingerprint density at radius 2 is 1.67 bits per heavy atom. The number of nitrogens with zero attached hydrogens (tertiary/aromatic N) is 2. The van der Waals surface area contributed by atoms with Crippen molar-refractivity contribution in [2.45, 2.75) is 19.3 Å². The molecule has 1 saturated heterocycles. The van der Waals surface area contributed by atoms with Crippen LogP contribution in [0.5, 0.6) is 11.5 Å². The first-order valence-corrected chi connectivity index (χ1v) is 8.84. The molecule has 0 unspecified atom stereocenters. The standard InChI is InChI=1S/C19H26N2O6/c1-20(7-6-17(22)23)18(24)13-4-8-21(9-5-13)19(25)14-10-15(26-2)12-16(11-14)27-3/h10-13H,4-9H2,1-3H3,(H,22,23). The molecule has 8 heteroatoms. The molecular formula is C19H26N2O6. The Hall–Kier alpha value is -2.77. The van der Waals surface area contributed by atoms with Crippen LogP contribution in [0, 0.1) is 5.92 Å². The number of hydrogen-bond donors (Lipinski definition) is 1. The van der Waals surface area contributed by atoms with Crippen molar-refractivity contribution in [1.82, 2.24) is 9.80 Å². The average Bonchev–Trinajstić information content (AvgIpc) is 2.70. The Morgan fingerprint density at radius 3 is 2.15 bits per heavy atom. The van der Waals surface area contributed by atoms with Gasteiger partial charge in [-0.1, -0.05) is 0 Å². The van der Waals surface area contributed by atoms with E-state index in [1.807, 2.05) is 0 Å². The van der Waals surface area contributed by atoms with Gasteiger partial charge >= 0.3 is 5.97 Å². The minimum absolute atomic E-state index is 0.0635. The Labute approximate surface area is 158 Å². The van der Waals surface area contributed by atoms with Gasteiger partial charge in [-0.3, -0.25) is 14.4 Å². The largest absolute Gasteiger partial charge is 0.497 e. The second-order valence-electron chi connectivity index (χ2n) is 6.57. The molecule has 2 rings (SSSR count). The molecule has 0 saturated carbocycles. The average molecular weight is 378 g/mol. The second-order valence-corrected chi connectivity index (χ2v) is 6.57. The number of ether oxygens (including phenoxy) is 2. The van der Waals surface area contributed by atoms with Gasteiger partial charge in [0.05, 0.1) is 20.6 Å². The van der Waals surface area contributed by atoms with Gasteiger partial charge in [-0.05, 0) is 25.0 Å². The molecular weight excluding hydrogens is 352 g/mol. The first-order chi connectivity index (χ1) is 12.8. The van der Waals surface area contributed by atoms with E-state index in [4.69, 9.17) is 14.6 Å². The van der Waals surface area contributed by atoms with Crippen LogP contribution in [0.1, 0.15) is 29.6 Å². The SMILES string of the molecule is COc1cc(OC)cc(C(=O)N2CCC(C(=O)N(C)CCC(=O)O)CC2)c1.